The lowest BCUT2D eigenvalue weighted by Crippen LogP contribution is -2.34. The minimum atomic E-state index is -1.06. The van der Waals surface area contributed by atoms with Gasteiger partial charge in [-0.05, 0) is 24.3 Å². The molecule has 0 spiro atoms. The van der Waals surface area contributed by atoms with E-state index in [9.17, 15) is 40.5 Å². The summed E-state index contributed by atoms with van der Waals surface area (Å²) in [5.74, 6) is -4.43. The van der Waals surface area contributed by atoms with E-state index in [4.69, 9.17) is 9.47 Å². The van der Waals surface area contributed by atoms with Gasteiger partial charge in [0.2, 0.25) is 0 Å². The van der Waals surface area contributed by atoms with Crippen LogP contribution in [0.1, 0.15) is 27.6 Å². The molecule has 1 aliphatic rings. The fraction of sp³-hybridized carbons (Fsp3) is 0.136. The Morgan fingerprint density at radius 1 is 0.812 bits per heavy atom. The van der Waals surface area contributed by atoms with Crippen LogP contribution in [0.25, 0.3) is 0 Å². The van der Waals surface area contributed by atoms with Crippen molar-refractivity contribution in [1.29, 1.82) is 0 Å². The first-order valence-corrected chi connectivity index (χ1v) is 9.33. The van der Waals surface area contributed by atoms with Gasteiger partial charge in [0.25, 0.3) is 0 Å². The summed E-state index contributed by atoms with van der Waals surface area (Å²) >= 11 is 0. The normalized spacial score (nSPS) is 17.2. The zero-order chi connectivity index (χ0) is 23.2. The molecule has 0 unspecified atom stereocenters. The Hall–Kier alpha value is -4.47. The topological polar surface area (TPSA) is 177 Å². The first-order valence-electron chi connectivity index (χ1n) is 9.33. The highest BCUT2D eigenvalue weighted by Gasteiger charge is 2.37. The molecule has 0 radical (unpaired) electrons. The molecule has 0 saturated carbocycles. The van der Waals surface area contributed by atoms with Gasteiger partial charge in [0.05, 0.1) is 5.56 Å². The highest BCUT2D eigenvalue weighted by Crippen LogP contribution is 2.44. The maximum absolute atomic E-state index is 12.7. The highest BCUT2D eigenvalue weighted by molar-refractivity contribution is 5.91. The summed E-state index contributed by atoms with van der Waals surface area (Å²) in [5, 5.41) is 68.2. The van der Waals surface area contributed by atoms with E-state index >= 15 is 0 Å². The molecule has 32 heavy (non-hydrogen) atoms. The molecular formula is C22H18O10. The second-order valence-electron chi connectivity index (χ2n) is 7.24. The number of ether oxygens (including phenoxy) is 2. The summed E-state index contributed by atoms with van der Waals surface area (Å²) in [7, 11) is 0. The lowest BCUT2D eigenvalue weighted by atomic mass is 10.2. The van der Waals surface area contributed by atoms with Crippen LogP contribution in [0, 0.1) is 0 Å². The minimum Gasteiger partial charge on any atom is -0.508 e. The number of benzene rings is 3. The molecular weight excluding hydrogens is 427 g/mol. The van der Waals surface area contributed by atoms with Crippen LogP contribution in [0.2, 0.25) is 0 Å². The van der Waals surface area contributed by atoms with Crippen LogP contribution in [0.3, 0.4) is 0 Å². The van der Waals surface area contributed by atoms with E-state index in [1.807, 2.05) is 0 Å². The van der Waals surface area contributed by atoms with E-state index in [1.54, 1.807) is 0 Å². The van der Waals surface area contributed by atoms with Crippen LogP contribution in [0.5, 0.6) is 46.0 Å². The number of carbonyl (C=O) groups is 1. The van der Waals surface area contributed by atoms with Gasteiger partial charge in [0.1, 0.15) is 23.4 Å². The van der Waals surface area contributed by atoms with Gasteiger partial charge >= 0.3 is 5.97 Å². The Kier molecular flexibility index (Phi) is 4.97. The average molecular weight is 445 g/mol. The van der Waals surface area contributed by atoms with Gasteiger partial charge in [-0.15, -0.1) is 0 Å². The van der Waals surface area contributed by atoms with E-state index in [2.05, 4.69) is 0 Å². The third kappa shape index (κ3) is 3.69. The average Bonchev–Trinajstić information content (AvgIpc) is 2.73. The SMILES string of the molecule is O=C(O[13C@H]1[13CH2]c2c(O)cc(O)cc2O[13C@H]1c1ccc(O)c(O)c1)c1cc(O)c(O)c(O)c1. The number of phenols is 7. The standard InChI is InChI=1S/C22H18O10/c23-11-6-14(25)12-8-19(32-22(30)10-4-16(27)20(29)17(28)5-10)21(31-18(12)7-11)9-1-2-13(24)15(26)3-9/h1-7,19,21,23-29H,8H2/t19-,21-/m0/s1/i8+1,19+1,21+1. The Morgan fingerprint density at radius 3 is 2.16 bits per heavy atom. The number of carbonyl (C=O) groups excluding carboxylic acids is 1. The second-order valence-corrected chi connectivity index (χ2v) is 7.24. The fourth-order valence-electron chi connectivity index (χ4n) is 3.48. The van der Waals surface area contributed by atoms with Gasteiger partial charge in [-0.2, -0.15) is 0 Å². The number of aromatic hydroxyl groups is 7. The molecule has 0 fully saturated rings. The van der Waals surface area contributed by atoms with E-state index in [1.165, 1.54) is 24.3 Å². The lowest BCUT2D eigenvalue weighted by molar-refractivity contribution is -0.0189. The minimum absolute atomic E-state index is 0.0461. The van der Waals surface area contributed by atoms with Crippen molar-refractivity contribution in [3.05, 3.63) is 59.2 Å². The molecule has 1 aliphatic heterocycles. The smallest absolute Gasteiger partial charge is 0.338 e. The summed E-state index contributed by atoms with van der Waals surface area (Å²) in [6, 6.07) is 8.07. The van der Waals surface area contributed by atoms with Crippen molar-refractivity contribution in [3.63, 3.8) is 0 Å². The van der Waals surface area contributed by atoms with Crippen molar-refractivity contribution >= 4 is 5.97 Å². The number of esters is 1. The van der Waals surface area contributed by atoms with Crippen LogP contribution in [-0.2, 0) is 11.2 Å². The number of hydrogen-bond donors (Lipinski definition) is 7. The molecule has 7 N–H and O–H groups in total. The molecule has 0 saturated heterocycles. The first kappa shape index (κ1) is 20.8. The third-order valence-electron chi connectivity index (χ3n) is 5.06. The number of rotatable bonds is 3. The molecule has 0 aliphatic carbocycles. The zero-order valence-corrected chi connectivity index (χ0v) is 16.3. The van der Waals surface area contributed by atoms with Crippen molar-refractivity contribution < 1.29 is 50.0 Å². The van der Waals surface area contributed by atoms with Crippen molar-refractivity contribution in [3.8, 4) is 46.0 Å². The lowest BCUT2D eigenvalue weighted by Gasteiger charge is -2.34. The van der Waals surface area contributed by atoms with Crippen LogP contribution >= 0.6 is 0 Å². The molecule has 1 heterocycles. The summed E-state index contributed by atoms with van der Waals surface area (Å²) in [5.41, 5.74) is 0.324. The number of hydrogen-bond acceptors (Lipinski definition) is 10. The Balaban J connectivity index is 1.72. The maximum Gasteiger partial charge on any atom is 0.338 e. The predicted octanol–water partition coefficient (Wildman–Crippen LogP) is 2.53. The van der Waals surface area contributed by atoms with Crippen molar-refractivity contribution in [1.82, 2.24) is 0 Å². The maximum atomic E-state index is 12.7. The molecule has 166 valence electrons. The molecule has 0 amide bonds. The van der Waals surface area contributed by atoms with Gasteiger partial charge in [0.15, 0.2) is 34.9 Å². The summed E-state index contributed by atoms with van der Waals surface area (Å²) < 4.78 is 11.4. The van der Waals surface area contributed by atoms with Crippen molar-refractivity contribution in [2.24, 2.45) is 0 Å². The molecule has 0 aromatic heterocycles. The van der Waals surface area contributed by atoms with E-state index in [0.717, 1.165) is 18.2 Å². The molecule has 4 rings (SSSR count). The van der Waals surface area contributed by atoms with E-state index in [-0.39, 0.29) is 40.5 Å². The molecule has 3 aromatic carbocycles. The Bertz CT molecular complexity index is 1200. The van der Waals surface area contributed by atoms with Crippen LogP contribution in [-0.4, -0.2) is 47.8 Å². The highest BCUT2D eigenvalue weighted by atomic mass is 16.7. The Morgan fingerprint density at radius 2 is 1.50 bits per heavy atom. The monoisotopic (exact) mass is 445 g/mol. The van der Waals surface area contributed by atoms with Gasteiger partial charge in [-0.25, -0.2) is 4.79 Å². The molecule has 2 atom stereocenters. The third-order valence-corrected chi connectivity index (χ3v) is 5.06. The van der Waals surface area contributed by atoms with Gasteiger partial charge in [-0.3, -0.25) is 0 Å². The second kappa shape index (κ2) is 7.65. The van der Waals surface area contributed by atoms with Crippen LogP contribution in [0.4, 0.5) is 0 Å². The molecule has 10 heteroatoms. The summed E-state index contributed by atoms with van der Waals surface area (Å²) in [6.45, 7) is 0. The molecule has 0 bridgehead atoms. The number of phenolic OH excluding ortho intramolecular Hbond substituents is 7. The van der Waals surface area contributed by atoms with Gasteiger partial charge in [0, 0.05) is 29.7 Å². The molecule has 10 nitrogen and oxygen atoms in total. The van der Waals surface area contributed by atoms with Crippen LogP contribution < -0.4 is 4.74 Å². The van der Waals surface area contributed by atoms with E-state index < -0.39 is 41.2 Å². The first-order chi connectivity index (χ1) is 15.1. The quantitative estimate of drug-likeness (QED) is 0.180. The van der Waals surface area contributed by atoms with Crippen LogP contribution in [0.15, 0.2) is 42.5 Å². The largest absolute Gasteiger partial charge is 0.508 e. The summed E-state index contributed by atoms with van der Waals surface area (Å²) in [6.07, 6.45) is -2.12. The number of fused-ring (bicyclic) bond motifs is 1. The van der Waals surface area contributed by atoms with Crippen molar-refractivity contribution in [2.75, 3.05) is 0 Å². The van der Waals surface area contributed by atoms with E-state index in [0.29, 0.717) is 5.56 Å². The fourth-order valence-corrected chi connectivity index (χ4v) is 3.48. The van der Waals surface area contributed by atoms with Crippen molar-refractivity contribution in [2.45, 2.75) is 18.6 Å². The van der Waals surface area contributed by atoms with Gasteiger partial charge in [-0.1, -0.05) is 6.07 Å². The zero-order valence-electron chi connectivity index (χ0n) is 16.3. The Labute approximate surface area is 180 Å². The molecule has 3 aromatic rings. The predicted molar refractivity (Wildman–Crippen MR) is 107 cm³/mol. The summed E-state index contributed by atoms with van der Waals surface area (Å²) in [4.78, 5) is 12.7. The van der Waals surface area contributed by atoms with Gasteiger partial charge < -0.3 is 45.2 Å².